The number of hydrogen-bond donors (Lipinski definition) is 0. The fourth-order valence-electron chi connectivity index (χ4n) is 3.55. The molecule has 7 nitrogen and oxygen atoms in total. The maximum absolute atomic E-state index is 9.31. The molecular weight excluding hydrogens is 338 g/mol. The number of nitriles is 1. The standard InChI is InChI=1S/C20H23N7/c1-20(2,3)16-6-7-17-23-24-19(27(17)25-16)14-8-11-26(12-9-14)18-15(13-21)5-4-10-22-18/h4-7,10,14H,8-9,11-12H2,1-3H3. The molecule has 0 N–H and O–H groups in total. The predicted octanol–water partition coefficient (Wildman–Crippen LogP) is 3.07. The molecule has 27 heavy (non-hydrogen) atoms. The third kappa shape index (κ3) is 3.23. The Morgan fingerprint density at radius 2 is 1.89 bits per heavy atom. The molecule has 0 saturated carbocycles. The van der Waals surface area contributed by atoms with E-state index in [0.717, 1.165) is 48.9 Å². The molecule has 3 aromatic rings. The van der Waals surface area contributed by atoms with E-state index < -0.39 is 0 Å². The Hall–Kier alpha value is -3.01. The van der Waals surface area contributed by atoms with Gasteiger partial charge in [0.05, 0.1) is 11.3 Å². The Labute approximate surface area is 158 Å². The van der Waals surface area contributed by atoms with Crippen molar-refractivity contribution in [1.29, 1.82) is 5.26 Å². The summed E-state index contributed by atoms with van der Waals surface area (Å²) in [5.74, 6) is 2.00. The van der Waals surface area contributed by atoms with Crippen LogP contribution in [0.5, 0.6) is 0 Å². The van der Waals surface area contributed by atoms with Crippen LogP contribution >= 0.6 is 0 Å². The number of nitrogens with zero attached hydrogens (tertiary/aromatic N) is 7. The van der Waals surface area contributed by atoms with E-state index in [0.29, 0.717) is 11.5 Å². The van der Waals surface area contributed by atoms with E-state index in [1.165, 1.54) is 0 Å². The van der Waals surface area contributed by atoms with Gasteiger partial charge in [0.25, 0.3) is 0 Å². The quantitative estimate of drug-likeness (QED) is 0.697. The summed E-state index contributed by atoms with van der Waals surface area (Å²) in [5.41, 5.74) is 2.42. The maximum Gasteiger partial charge on any atom is 0.177 e. The Kier molecular flexibility index (Phi) is 4.27. The van der Waals surface area contributed by atoms with Gasteiger partial charge in [-0.2, -0.15) is 14.9 Å². The average molecular weight is 361 g/mol. The zero-order valence-electron chi connectivity index (χ0n) is 15.9. The molecule has 1 aliphatic heterocycles. The smallest absolute Gasteiger partial charge is 0.177 e. The van der Waals surface area contributed by atoms with Crippen LogP contribution in [-0.4, -0.2) is 37.9 Å². The lowest BCUT2D eigenvalue weighted by molar-refractivity contribution is 0.470. The van der Waals surface area contributed by atoms with Crippen LogP contribution in [0, 0.1) is 11.3 Å². The van der Waals surface area contributed by atoms with Gasteiger partial charge in [-0.3, -0.25) is 0 Å². The lowest BCUT2D eigenvalue weighted by atomic mass is 9.92. The van der Waals surface area contributed by atoms with Crippen molar-refractivity contribution >= 4 is 11.5 Å². The van der Waals surface area contributed by atoms with Crippen LogP contribution in [0.15, 0.2) is 30.5 Å². The zero-order valence-corrected chi connectivity index (χ0v) is 15.9. The monoisotopic (exact) mass is 361 g/mol. The molecule has 4 rings (SSSR count). The van der Waals surface area contributed by atoms with Crippen LogP contribution in [0.4, 0.5) is 5.82 Å². The Morgan fingerprint density at radius 1 is 1.11 bits per heavy atom. The number of fused-ring (bicyclic) bond motifs is 1. The zero-order chi connectivity index (χ0) is 19.0. The summed E-state index contributed by atoms with van der Waals surface area (Å²) in [4.78, 5) is 6.59. The fourth-order valence-corrected chi connectivity index (χ4v) is 3.55. The molecule has 1 fully saturated rings. The van der Waals surface area contributed by atoms with Crippen LogP contribution in [0.3, 0.4) is 0 Å². The van der Waals surface area contributed by atoms with Crippen molar-refractivity contribution in [3.05, 3.63) is 47.5 Å². The van der Waals surface area contributed by atoms with Crippen LogP contribution in [0.2, 0.25) is 0 Å². The first-order chi connectivity index (χ1) is 13.0. The van der Waals surface area contributed by atoms with Crippen molar-refractivity contribution in [2.75, 3.05) is 18.0 Å². The van der Waals surface area contributed by atoms with Crippen molar-refractivity contribution in [2.24, 2.45) is 0 Å². The predicted molar refractivity (Wildman–Crippen MR) is 103 cm³/mol. The Balaban J connectivity index is 1.57. The molecule has 0 atom stereocenters. The van der Waals surface area contributed by atoms with Gasteiger partial charge in [0, 0.05) is 30.6 Å². The summed E-state index contributed by atoms with van der Waals surface area (Å²) in [6, 6.07) is 9.88. The third-order valence-electron chi connectivity index (χ3n) is 5.12. The van der Waals surface area contributed by atoms with Gasteiger partial charge in [0.1, 0.15) is 11.9 Å². The highest BCUT2D eigenvalue weighted by Gasteiger charge is 2.27. The van der Waals surface area contributed by atoms with E-state index in [1.54, 1.807) is 12.3 Å². The minimum atomic E-state index is -0.0221. The minimum Gasteiger partial charge on any atom is -0.355 e. The van der Waals surface area contributed by atoms with E-state index in [1.807, 2.05) is 22.7 Å². The SMILES string of the molecule is CC(C)(C)c1ccc2nnc(C3CCN(c4ncccc4C#N)CC3)n2n1. The van der Waals surface area contributed by atoms with Gasteiger partial charge in [-0.05, 0) is 37.1 Å². The molecule has 0 amide bonds. The lowest BCUT2D eigenvalue weighted by Crippen LogP contribution is -2.34. The van der Waals surface area contributed by atoms with E-state index in [2.05, 4.69) is 46.9 Å². The Bertz CT molecular complexity index is 1000. The largest absolute Gasteiger partial charge is 0.355 e. The molecular formula is C20H23N7. The van der Waals surface area contributed by atoms with Crippen LogP contribution < -0.4 is 4.90 Å². The van der Waals surface area contributed by atoms with Gasteiger partial charge >= 0.3 is 0 Å². The number of rotatable bonds is 2. The molecule has 1 aliphatic rings. The number of pyridine rings is 1. The molecule has 138 valence electrons. The molecule has 0 aliphatic carbocycles. The highest BCUT2D eigenvalue weighted by Crippen LogP contribution is 2.30. The molecule has 4 heterocycles. The van der Waals surface area contributed by atoms with Crippen molar-refractivity contribution < 1.29 is 0 Å². The van der Waals surface area contributed by atoms with Crippen LogP contribution in [0.25, 0.3) is 5.65 Å². The fraction of sp³-hybridized carbons (Fsp3) is 0.450. The van der Waals surface area contributed by atoms with Gasteiger partial charge in [-0.1, -0.05) is 20.8 Å². The summed E-state index contributed by atoms with van der Waals surface area (Å²) < 4.78 is 1.91. The topological polar surface area (TPSA) is 83.0 Å². The Morgan fingerprint density at radius 3 is 2.59 bits per heavy atom. The van der Waals surface area contributed by atoms with Crippen molar-refractivity contribution in [1.82, 2.24) is 24.8 Å². The van der Waals surface area contributed by atoms with Gasteiger partial charge in [0.2, 0.25) is 0 Å². The molecule has 0 spiro atoms. The van der Waals surface area contributed by atoms with Crippen LogP contribution in [0.1, 0.15) is 56.6 Å². The van der Waals surface area contributed by atoms with Crippen LogP contribution in [-0.2, 0) is 5.41 Å². The molecule has 1 saturated heterocycles. The van der Waals surface area contributed by atoms with Crippen molar-refractivity contribution in [3.63, 3.8) is 0 Å². The van der Waals surface area contributed by atoms with Crippen molar-refractivity contribution in [3.8, 4) is 6.07 Å². The van der Waals surface area contributed by atoms with Gasteiger partial charge in [-0.25, -0.2) is 4.98 Å². The summed E-state index contributed by atoms with van der Waals surface area (Å²) in [6.07, 6.45) is 3.61. The van der Waals surface area contributed by atoms with Gasteiger partial charge in [0.15, 0.2) is 11.5 Å². The summed E-state index contributed by atoms with van der Waals surface area (Å²) in [7, 11) is 0. The summed E-state index contributed by atoms with van der Waals surface area (Å²) in [6.45, 7) is 8.14. The van der Waals surface area contributed by atoms with Gasteiger partial charge < -0.3 is 4.90 Å². The second kappa shape index (κ2) is 6.62. The number of aromatic nitrogens is 5. The lowest BCUT2D eigenvalue weighted by Gasteiger charge is -2.32. The van der Waals surface area contributed by atoms with E-state index in [4.69, 9.17) is 5.10 Å². The molecule has 0 aromatic carbocycles. The molecule has 0 radical (unpaired) electrons. The summed E-state index contributed by atoms with van der Waals surface area (Å²) >= 11 is 0. The number of piperidine rings is 1. The van der Waals surface area contributed by atoms with E-state index >= 15 is 0 Å². The first-order valence-corrected chi connectivity index (χ1v) is 9.30. The molecule has 0 bridgehead atoms. The van der Waals surface area contributed by atoms with Crippen molar-refractivity contribution in [2.45, 2.75) is 44.9 Å². The first kappa shape index (κ1) is 17.4. The van der Waals surface area contributed by atoms with E-state index in [9.17, 15) is 5.26 Å². The highest BCUT2D eigenvalue weighted by molar-refractivity contribution is 5.53. The summed E-state index contributed by atoms with van der Waals surface area (Å²) in [5, 5.41) is 22.9. The van der Waals surface area contributed by atoms with E-state index in [-0.39, 0.29) is 5.41 Å². The first-order valence-electron chi connectivity index (χ1n) is 9.30. The number of hydrogen-bond acceptors (Lipinski definition) is 6. The highest BCUT2D eigenvalue weighted by atomic mass is 15.4. The van der Waals surface area contributed by atoms with Gasteiger partial charge in [-0.15, -0.1) is 10.2 Å². The molecule has 7 heteroatoms. The second-order valence-corrected chi connectivity index (χ2v) is 8.04. The molecule has 0 unspecified atom stereocenters. The maximum atomic E-state index is 9.31. The second-order valence-electron chi connectivity index (χ2n) is 8.04. The normalized spacial score (nSPS) is 15.9. The number of anilines is 1. The minimum absolute atomic E-state index is 0.0221. The molecule has 3 aromatic heterocycles. The average Bonchev–Trinajstić information content (AvgIpc) is 3.10. The third-order valence-corrected chi connectivity index (χ3v) is 5.12.